The summed E-state index contributed by atoms with van der Waals surface area (Å²) in [6.07, 6.45) is 2.35. The van der Waals surface area contributed by atoms with Gasteiger partial charge in [-0.1, -0.05) is 24.6 Å². The van der Waals surface area contributed by atoms with Crippen LogP contribution in [0, 0.1) is 5.82 Å². The van der Waals surface area contributed by atoms with Crippen LogP contribution in [0.1, 0.15) is 38.3 Å². The summed E-state index contributed by atoms with van der Waals surface area (Å²) in [6.45, 7) is 5.67. The van der Waals surface area contributed by atoms with E-state index in [2.05, 4.69) is 10.5 Å². The first-order valence-corrected chi connectivity index (χ1v) is 10.7. The molecule has 2 aromatic rings. The maximum absolute atomic E-state index is 13.4. The molecule has 10 heteroatoms. The number of allylic oxidation sites excluding steroid dienone is 2. The van der Waals surface area contributed by atoms with Crippen LogP contribution in [0.3, 0.4) is 0 Å². The molecule has 0 fully saturated rings. The Kier molecular flexibility index (Phi) is 8.81. The largest absolute Gasteiger partial charge is 0.321 e. The van der Waals surface area contributed by atoms with Crippen molar-refractivity contribution in [2.24, 2.45) is 16.8 Å². The van der Waals surface area contributed by atoms with Gasteiger partial charge in [-0.05, 0) is 80.1 Å². The van der Waals surface area contributed by atoms with E-state index in [1.165, 1.54) is 28.9 Å². The lowest BCUT2D eigenvalue weighted by molar-refractivity contribution is -1.20. The number of hydrazone groups is 1. The quantitative estimate of drug-likeness (QED) is 0.128. The molecule has 0 aliphatic carbocycles. The minimum Gasteiger partial charge on any atom is -0.321 e. The molecule has 0 heterocycles. The van der Waals surface area contributed by atoms with Gasteiger partial charge in [0.2, 0.25) is 0 Å². The molecule has 32 heavy (non-hydrogen) atoms. The highest BCUT2D eigenvalue weighted by Gasteiger charge is 2.32. The van der Waals surface area contributed by atoms with Gasteiger partial charge in [0.1, 0.15) is 5.82 Å². The Morgan fingerprint density at radius 1 is 1.16 bits per heavy atom. The van der Waals surface area contributed by atoms with Gasteiger partial charge in [-0.2, -0.15) is 10.5 Å². The normalized spacial score (nSPS) is 13.6. The topological polar surface area (TPSA) is 120 Å². The number of quaternary nitrogens is 1. The number of anilines is 1. The number of thioether (sulfide) groups is 1. The smallest absolute Gasteiger partial charge is 0.262 e. The van der Waals surface area contributed by atoms with Gasteiger partial charge in [-0.15, -0.1) is 10.4 Å². The first kappa shape index (κ1) is 25.4. The molecule has 0 aliphatic heterocycles. The Labute approximate surface area is 191 Å². The van der Waals surface area contributed by atoms with Crippen molar-refractivity contribution < 1.29 is 19.7 Å². The summed E-state index contributed by atoms with van der Waals surface area (Å²) in [6, 6.07) is 12.8. The Morgan fingerprint density at radius 2 is 1.72 bits per heavy atom. The molecule has 0 saturated carbocycles. The molecule has 0 aliphatic rings. The SMILES string of the molecule is C/C=C(\SC(=C(C)CC)c1ccc(F)cc1)[N+](O)(O)Nc1ccc(/C(=N/N)N(C)N)cc1. The van der Waals surface area contributed by atoms with Crippen molar-refractivity contribution in [1.82, 2.24) is 5.01 Å². The summed E-state index contributed by atoms with van der Waals surface area (Å²) in [7, 11) is 1.61. The zero-order chi connectivity index (χ0) is 23.9. The molecule has 7 N–H and O–H groups in total. The zero-order valence-electron chi connectivity index (χ0n) is 18.6. The van der Waals surface area contributed by atoms with E-state index in [-0.39, 0.29) is 10.8 Å². The van der Waals surface area contributed by atoms with Crippen LogP contribution < -0.4 is 17.1 Å². The molecular formula is C22H30FN6O2S+. The number of nitrogens with zero attached hydrogens (tertiary/aromatic N) is 3. The van der Waals surface area contributed by atoms with Crippen LogP contribution in [0.5, 0.6) is 0 Å². The van der Waals surface area contributed by atoms with Gasteiger partial charge in [-0.3, -0.25) is 5.01 Å². The summed E-state index contributed by atoms with van der Waals surface area (Å²) < 4.78 is 13.4. The number of nitrogens with two attached hydrogens (primary N) is 2. The van der Waals surface area contributed by atoms with Crippen molar-refractivity contribution in [1.29, 1.82) is 0 Å². The van der Waals surface area contributed by atoms with Crippen LogP contribution in [-0.4, -0.2) is 33.2 Å². The van der Waals surface area contributed by atoms with Crippen molar-refractivity contribution in [2.75, 3.05) is 12.5 Å². The Hall–Kier alpha value is -2.89. The summed E-state index contributed by atoms with van der Waals surface area (Å²) >= 11 is 1.19. The van der Waals surface area contributed by atoms with E-state index in [4.69, 9.17) is 11.7 Å². The highest BCUT2D eigenvalue weighted by atomic mass is 32.2. The molecule has 8 nitrogen and oxygen atoms in total. The molecule has 0 saturated heterocycles. The fourth-order valence-electron chi connectivity index (χ4n) is 2.86. The number of hydroxylamine groups is 2. The van der Waals surface area contributed by atoms with Crippen molar-refractivity contribution in [3.8, 4) is 0 Å². The number of hydrogen-bond acceptors (Lipinski definition) is 7. The van der Waals surface area contributed by atoms with Crippen molar-refractivity contribution in [3.05, 3.63) is 82.2 Å². The lowest BCUT2D eigenvalue weighted by Crippen LogP contribution is -2.44. The number of amidine groups is 1. The van der Waals surface area contributed by atoms with Crippen LogP contribution in [0.25, 0.3) is 4.91 Å². The van der Waals surface area contributed by atoms with Gasteiger partial charge in [0.05, 0.1) is 10.6 Å². The summed E-state index contributed by atoms with van der Waals surface area (Å²) in [4.78, 5) is -0.755. The molecule has 0 unspecified atom stereocenters. The fraction of sp³-hybridized carbons (Fsp3) is 0.227. The van der Waals surface area contributed by atoms with Gasteiger partial charge >= 0.3 is 0 Å². The highest BCUT2D eigenvalue weighted by Crippen LogP contribution is 2.40. The molecule has 172 valence electrons. The number of hydrogen-bond donors (Lipinski definition) is 5. The molecule has 0 bridgehead atoms. The van der Waals surface area contributed by atoms with Gasteiger partial charge in [-0.25, -0.2) is 10.2 Å². The number of rotatable bonds is 8. The fourth-order valence-corrected chi connectivity index (χ4v) is 3.93. The molecule has 2 aromatic carbocycles. The second kappa shape index (κ2) is 11.1. The van der Waals surface area contributed by atoms with Gasteiger partial charge in [0.15, 0.2) is 5.84 Å². The van der Waals surface area contributed by atoms with Gasteiger partial charge < -0.3 is 5.84 Å². The van der Waals surface area contributed by atoms with Gasteiger partial charge in [0, 0.05) is 17.5 Å². The maximum Gasteiger partial charge on any atom is 0.262 e. The van der Waals surface area contributed by atoms with E-state index in [9.17, 15) is 14.8 Å². The van der Waals surface area contributed by atoms with E-state index in [0.29, 0.717) is 17.1 Å². The summed E-state index contributed by atoms with van der Waals surface area (Å²) in [5.41, 5.74) is 5.59. The lowest BCUT2D eigenvalue weighted by atomic mass is 10.1. The molecule has 2 rings (SSSR count). The third kappa shape index (κ3) is 6.31. The Balaban J connectivity index is 2.28. The maximum atomic E-state index is 13.4. The summed E-state index contributed by atoms with van der Waals surface area (Å²) in [5.74, 6) is 11.1. The van der Waals surface area contributed by atoms with E-state index in [1.807, 2.05) is 13.8 Å². The number of hydrazine groups is 1. The molecular weight excluding hydrogens is 431 g/mol. The average molecular weight is 462 g/mol. The predicted molar refractivity (Wildman–Crippen MR) is 127 cm³/mol. The molecule has 0 aromatic heterocycles. The Morgan fingerprint density at radius 3 is 2.19 bits per heavy atom. The lowest BCUT2D eigenvalue weighted by Gasteiger charge is -2.24. The molecule has 0 radical (unpaired) electrons. The van der Waals surface area contributed by atoms with Crippen LogP contribution in [-0.2, 0) is 0 Å². The van der Waals surface area contributed by atoms with Crippen LogP contribution in [0.15, 0.2) is 70.3 Å². The Bertz CT molecular complexity index is 1000. The monoisotopic (exact) mass is 461 g/mol. The molecule has 0 amide bonds. The minimum absolute atomic E-state index is 0.215. The van der Waals surface area contributed by atoms with E-state index >= 15 is 0 Å². The van der Waals surface area contributed by atoms with Crippen molar-refractivity contribution in [2.45, 2.75) is 27.2 Å². The van der Waals surface area contributed by atoms with E-state index in [0.717, 1.165) is 22.5 Å². The van der Waals surface area contributed by atoms with Crippen LogP contribution >= 0.6 is 11.8 Å². The van der Waals surface area contributed by atoms with E-state index in [1.54, 1.807) is 56.4 Å². The first-order chi connectivity index (χ1) is 15.1. The zero-order valence-corrected chi connectivity index (χ0v) is 19.4. The van der Waals surface area contributed by atoms with Crippen molar-refractivity contribution in [3.63, 3.8) is 0 Å². The third-order valence-electron chi connectivity index (χ3n) is 4.67. The number of halogens is 1. The van der Waals surface area contributed by atoms with Crippen molar-refractivity contribution >= 4 is 28.2 Å². The van der Waals surface area contributed by atoms with Gasteiger partial charge in [0.25, 0.3) is 5.03 Å². The minimum atomic E-state index is -1.57. The number of nitrogens with one attached hydrogen (secondary N) is 1. The third-order valence-corrected chi connectivity index (χ3v) is 6.16. The predicted octanol–water partition coefficient (Wildman–Crippen LogP) is 4.61. The second-order valence-corrected chi connectivity index (χ2v) is 8.08. The first-order valence-electron chi connectivity index (χ1n) is 9.92. The average Bonchev–Trinajstić information content (AvgIpc) is 2.76. The molecule has 0 atom stereocenters. The van der Waals surface area contributed by atoms with Crippen LogP contribution in [0.2, 0.25) is 0 Å². The van der Waals surface area contributed by atoms with Crippen LogP contribution in [0.4, 0.5) is 10.1 Å². The van der Waals surface area contributed by atoms with E-state index < -0.39 is 4.92 Å². The summed E-state index contributed by atoms with van der Waals surface area (Å²) in [5, 5.41) is 26.7. The standard InChI is InChI=1S/C22H30FN6O2S/c1-5-15(3)21(16-7-11-18(23)12-8-16)32-20(6-2)29(30,31)27-19-13-9-17(10-14-19)22(26-24)28(4)25/h6-14,27,30-31H,5,24-25H2,1-4H3/q+1/b20-6-,21-15?,26-22-. The molecule has 0 spiro atoms. The highest BCUT2D eigenvalue weighted by molar-refractivity contribution is 8.11. The second-order valence-electron chi connectivity index (χ2n) is 7.05. The number of benzene rings is 2.